The molecule has 0 aromatic heterocycles. The molecular formula is C12H20O2. The Labute approximate surface area is 85.7 Å². The van der Waals surface area contributed by atoms with Gasteiger partial charge in [0.15, 0.2) is 0 Å². The Morgan fingerprint density at radius 3 is 2.21 bits per heavy atom. The predicted octanol–water partition coefficient (Wildman–Crippen LogP) is 3.07. The van der Waals surface area contributed by atoms with Crippen molar-refractivity contribution in [2.24, 2.45) is 17.8 Å². The van der Waals surface area contributed by atoms with Crippen LogP contribution in [0.1, 0.15) is 51.4 Å². The van der Waals surface area contributed by atoms with Gasteiger partial charge in [-0.15, -0.1) is 0 Å². The van der Waals surface area contributed by atoms with E-state index in [2.05, 4.69) is 0 Å². The molecule has 14 heavy (non-hydrogen) atoms. The first-order chi connectivity index (χ1) is 6.77. The number of hydrogen-bond donors (Lipinski definition) is 1. The third kappa shape index (κ3) is 2.10. The van der Waals surface area contributed by atoms with Crippen molar-refractivity contribution in [1.82, 2.24) is 0 Å². The van der Waals surface area contributed by atoms with E-state index in [1.165, 1.54) is 32.1 Å². The van der Waals surface area contributed by atoms with Gasteiger partial charge in [0.1, 0.15) is 0 Å². The molecule has 0 radical (unpaired) electrons. The van der Waals surface area contributed by atoms with Crippen LogP contribution in [-0.4, -0.2) is 11.1 Å². The number of carboxylic acids is 1. The summed E-state index contributed by atoms with van der Waals surface area (Å²) in [4.78, 5) is 10.9. The van der Waals surface area contributed by atoms with Crippen LogP contribution in [0.3, 0.4) is 0 Å². The van der Waals surface area contributed by atoms with E-state index in [1.54, 1.807) is 0 Å². The largest absolute Gasteiger partial charge is 0.481 e. The quantitative estimate of drug-likeness (QED) is 0.737. The van der Waals surface area contributed by atoms with Gasteiger partial charge in [-0.3, -0.25) is 4.79 Å². The molecule has 2 nitrogen and oxygen atoms in total. The number of carboxylic acid groups (broad SMARTS) is 1. The van der Waals surface area contributed by atoms with E-state index >= 15 is 0 Å². The van der Waals surface area contributed by atoms with Crippen molar-refractivity contribution in [2.75, 3.05) is 0 Å². The molecule has 0 aliphatic heterocycles. The van der Waals surface area contributed by atoms with Crippen LogP contribution in [-0.2, 0) is 4.79 Å². The molecule has 2 atom stereocenters. The van der Waals surface area contributed by atoms with Crippen LogP contribution in [0, 0.1) is 17.8 Å². The van der Waals surface area contributed by atoms with Gasteiger partial charge in [0.25, 0.3) is 0 Å². The summed E-state index contributed by atoms with van der Waals surface area (Å²) in [6.45, 7) is 0. The van der Waals surface area contributed by atoms with Crippen LogP contribution in [0.5, 0.6) is 0 Å². The van der Waals surface area contributed by atoms with Gasteiger partial charge in [0.05, 0.1) is 5.92 Å². The second-order valence-corrected chi connectivity index (χ2v) is 5.01. The fourth-order valence-corrected chi connectivity index (χ4v) is 3.31. The first-order valence-electron chi connectivity index (χ1n) is 6.00. The molecule has 2 aliphatic rings. The zero-order chi connectivity index (χ0) is 9.97. The maximum absolute atomic E-state index is 10.9. The molecule has 80 valence electrons. The van der Waals surface area contributed by atoms with Crippen LogP contribution in [0.25, 0.3) is 0 Å². The molecular weight excluding hydrogens is 176 g/mol. The summed E-state index contributed by atoms with van der Waals surface area (Å²) in [5.74, 6) is 0.992. The van der Waals surface area contributed by atoms with Gasteiger partial charge in [-0.1, -0.05) is 38.5 Å². The second kappa shape index (κ2) is 4.33. The molecule has 2 rings (SSSR count). The Bertz CT molecular complexity index is 206. The first-order valence-corrected chi connectivity index (χ1v) is 6.00. The van der Waals surface area contributed by atoms with E-state index < -0.39 is 5.97 Å². The smallest absolute Gasteiger partial charge is 0.306 e. The van der Waals surface area contributed by atoms with Crippen molar-refractivity contribution in [2.45, 2.75) is 51.4 Å². The number of hydrogen-bond acceptors (Lipinski definition) is 1. The third-order valence-electron chi connectivity index (χ3n) is 4.13. The summed E-state index contributed by atoms with van der Waals surface area (Å²) in [6, 6.07) is 0. The standard InChI is InChI=1S/C12H20O2/c13-12(14)11-7-3-6-10(8-11)9-4-1-2-5-9/h9-11H,1-8H2,(H,13,14)/t10-,11+/m0/s1. The lowest BCUT2D eigenvalue weighted by atomic mass is 9.74. The third-order valence-corrected chi connectivity index (χ3v) is 4.13. The SMILES string of the molecule is O=C(O)[C@@H]1CCC[C@H](C2CCCC2)C1. The maximum atomic E-state index is 10.9. The van der Waals surface area contributed by atoms with E-state index in [-0.39, 0.29) is 5.92 Å². The second-order valence-electron chi connectivity index (χ2n) is 5.01. The average molecular weight is 196 g/mol. The Kier molecular flexibility index (Phi) is 3.09. The monoisotopic (exact) mass is 196 g/mol. The average Bonchev–Trinajstić information content (AvgIpc) is 2.71. The topological polar surface area (TPSA) is 37.3 Å². The molecule has 1 N–H and O–H groups in total. The Morgan fingerprint density at radius 1 is 0.929 bits per heavy atom. The minimum absolute atomic E-state index is 0.0330. The van der Waals surface area contributed by atoms with Gasteiger partial charge >= 0.3 is 5.97 Å². The number of aliphatic carboxylic acids is 1. The van der Waals surface area contributed by atoms with Crippen molar-refractivity contribution in [3.63, 3.8) is 0 Å². The van der Waals surface area contributed by atoms with Gasteiger partial charge in [-0.2, -0.15) is 0 Å². The minimum atomic E-state index is -0.562. The van der Waals surface area contributed by atoms with Gasteiger partial charge in [-0.05, 0) is 24.7 Å². The Balaban J connectivity index is 1.89. The molecule has 0 aromatic rings. The summed E-state index contributed by atoms with van der Waals surface area (Å²) in [5.41, 5.74) is 0. The normalized spacial score (nSPS) is 34.6. The van der Waals surface area contributed by atoms with Gasteiger partial charge in [-0.25, -0.2) is 0 Å². The molecule has 0 bridgehead atoms. The highest BCUT2D eigenvalue weighted by molar-refractivity contribution is 5.70. The molecule has 2 saturated carbocycles. The van der Waals surface area contributed by atoms with E-state index in [4.69, 9.17) is 5.11 Å². The number of carbonyl (C=O) groups is 1. The molecule has 2 fully saturated rings. The first kappa shape index (κ1) is 10.0. The van der Waals surface area contributed by atoms with Crippen LogP contribution in [0.2, 0.25) is 0 Å². The highest BCUT2D eigenvalue weighted by Crippen LogP contribution is 2.41. The highest BCUT2D eigenvalue weighted by Gasteiger charge is 2.32. The minimum Gasteiger partial charge on any atom is -0.481 e. The Hall–Kier alpha value is -0.530. The van der Waals surface area contributed by atoms with E-state index in [9.17, 15) is 4.79 Å². The van der Waals surface area contributed by atoms with Gasteiger partial charge < -0.3 is 5.11 Å². The van der Waals surface area contributed by atoms with Crippen molar-refractivity contribution in [3.05, 3.63) is 0 Å². The van der Waals surface area contributed by atoms with Crippen LogP contribution < -0.4 is 0 Å². The van der Waals surface area contributed by atoms with Gasteiger partial charge in [0, 0.05) is 0 Å². The van der Waals surface area contributed by atoms with Crippen LogP contribution >= 0.6 is 0 Å². The van der Waals surface area contributed by atoms with Crippen molar-refractivity contribution < 1.29 is 9.90 Å². The number of rotatable bonds is 2. The zero-order valence-electron chi connectivity index (χ0n) is 8.74. The summed E-state index contributed by atoms with van der Waals surface area (Å²) in [6.07, 6.45) is 9.76. The van der Waals surface area contributed by atoms with Crippen LogP contribution in [0.4, 0.5) is 0 Å². The molecule has 0 unspecified atom stereocenters. The fourth-order valence-electron chi connectivity index (χ4n) is 3.31. The molecule has 0 amide bonds. The van der Waals surface area contributed by atoms with Crippen molar-refractivity contribution >= 4 is 5.97 Å². The molecule has 0 aromatic carbocycles. The predicted molar refractivity (Wildman–Crippen MR) is 55.0 cm³/mol. The van der Waals surface area contributed by atoms with E-state index in [0.717, 1.165) is 31.1 Å². The molecule has 2 aliphatic carbocycles. The molecule has 0 spiro atoms. The zero-order valence-corrected chi connectivity index (χ0v) is 8.74. The summed E-state index contributed by atoms with van der Waals surface area (Å²) in [7, 11) is 0. The van der Waals surface area contributed by atoms with E-state index in [1.807, 2.05) is 0 Å². The summed E-state index contributed by atoms with van der Waals surface area (Å²) >= 11 is 0. The fraction of sp³-hybridized carbons (Fsp3) is 0.917. The van der Waals surface area contributed by atoms with Gasteiger partial charge in [0.2, 0.25) is 0 Å². The molecule has 0 heterocycles. The molecule has 0 saturated heterocycles. The van der Waals surface area contributed by atoms with Crippen LogP contribution in [0.15, 0.2) is 0 Å². The summed E-state index contributed by atoms with van der Waals surface area (Å²) < 4.78 is 0. The lowest BCUT2D eigenvalue weighted by Gasteiger charge is -2.30. The lowest BCUT2D eigenvalue weighted by Crippen LogP contribution is -2.26. The van der Waals surface area contributed by atoms with Crippen molar-refractivity contribution in [3.8, 4) is 0 Å². The summed E-state index contributed by atoms with van der Waals surface area (Å²) in [5, 5.41) is 9.00. The molecule has 2 heteroatoms. The van der Waals surface area contributed by atoms with Crippen molar-refractivity contribution in [1.29, 1.82) is 0 Å². The highest BCUT2D eigenvalue weighted by atomic mass is 16.4. The Morgan fingerprint density at radius 2 is 1.57 bits per heavy atom. The lowest BCUT2D eigenvalue weighted by molar-refractivity contribution is -0.143. The van der Waals surface area contributed by atoms with E-state index in [0.29, 0.717) is 0 Å². The maximum Gasteiger partial charge on any atom is 0.306 e.